The van der Waals surface area contributed by atoms with Gasteiger partial charge in [-0.15, -0.1) is 0 Å². The van der Waals surface area contributed by atoms with E-state index in [1.165, 1.54) is 37.1 Å². The molecule has 1 fully saturated rings. The van der Waals surface area contributed by atoms with Crippen LogP contribution in [0.25, 0.3) is 0 Å². The minimum absolute atomic E-state index is 0.230. The molecule has 2 N–H and O–H groups in total. The molecule has 2 rings (SSSR count). The largest absolute Gasteiger partial charge is 0.374 e. The number of anilines is 1. The molecule has 2 nitrogen and oxygen atoms in total. The Morgan fingerprint density at radius 3 is 2.65 bits per heavy atom. The molecule has 0 radical (unpaired) electrons. The fourth-order valence-corrected chi connectivity index (χ4v) is 2.56. The molecule has 2 heteroatoms. The molecule has 1 aliphatic carbocycles. The topological polar surface area (TPSA) is 29.3 Å². The summed E-state index contributed by atoms with van der Waals surface area (Å²) in [6, 6.07) is 8.88. The molecule has 94 valence electrons. The van der Waals surface area contributed by atoms with Crippen molar-refractivity contribution in [2.24, 2.45) is 11.7 Å². The van der Waals surface area contributed by atoms with Crippen LogP contribution in [-0.4, -0.2) is 19.6 Å². The molecule has 0 heterocycles. The summed E-state index contributed by atoms with van der Waals surface area (Å²) in [4.78, 5) is 2.40. The van der Waals surface area contributed by atoms with Gasteiger partial charge in [0.1, 0.15) is 0 Å². The molecule has 1 unspecified atom stereocenters. The summed E-state index contributed by atoms with van der Waals surface area (Å²) in [5, 5.41) is 0. The Morgan fingerprint density at radius 2 is 2.06 bits per heavy atom. The third-order valence-corrected chi connectivity index (χ3v) is 3.70. The van der Waals surface area contributed by atoms with E-state index < -0.39 is 0 Å². The van der Waals surface area contributed by atoms with Crippen molar-refractivity contribution in [2.45, 2.75) is 38.6 Å². The number of para-hydroxylation sites is 1. The minimum atomic E-state index is 0.230. The zero-order valence-electron chi connectivity index (χ0n) is 11.0. The van der Waals surface area contributed by atoms with Gasteiger partial charge in [0.25, 0.3) is 0 Å². The third kappa shape index (κ3) is 3.22. The number of hydrogen-bond acceptors (Lipinski definition) is 2. The van der Waals surface area contributed by atoms with Crippen molar-refractivity contribution in [3.63, 3.8) is 0 Å². The first kappa shape index (κ1) is 12.4. The Bertz CT molecular complexity index is 356. The number of hydrogen-bond donors (Lipinski definition) is 1. The van der Waals surface area contributed by atoms with Gasteiger partial charge in [0.2, 0.25) is 0 Å². The molecule has 0 amide bonds. The second-order valence-electron chi connectivity index (χ2n) is 5.49. The lowest BCUT2D eigenvalue weighted by Crippen LogP contribution is -2.30. The summed E-state index contributed by atoms with van der Waals surface area (Å²) in [5.41, 5.74) is 8.65. The van der Waals surface area contributed by atoms with E-state index in [1.54, 1.807) is 0 Å². The predicted octanol–water partition coefficient (Wildman–Crippen LogP) is 2.81. The van der Waals surface area contributed by atoms with E-state index in [2.05, 4.69) is 43.1 Å². The van der Waals surface area contributed by atoms with E-state index in [-0.39, 0.29) is 6.04 Å². The van der Waals surface area contributed by atoms with Gasteiger partial charge >= 0.3 is 0 Å². The number of nitrogens with two attached hydrogens (primary N) is 1. The SMILES string of the molecule is CC(N)Cc1ccccc1N(C)CC1CCC1. The lowest BCUT2D eigenvalue weighted by Gasteiger charge is -2.32. The van der Waals surface area contributed by atoms with Gasteiger partial charge in [-0.3, -0.25) is 0 Å². The second-order valence-corrected chi connectivity index (χ2v) is 5.49. The van der Waals surface area contributed by atoms with Crippen LogP contribution < -0.4 is 10.6 Å². The Labute approximate surface area is 105 Å². The first-order valence-electron chi connectivity index (χ1n) is 6.71. The summed E-state index contributed by atoms with van der Waals surface area (Å²) in [5.74, 6) is 0.906. The Balaban J connectivity index is 2.06. The highest BCUT2D eigenvalue weighted by Crippen LogP contribution is 2.29. The number of nitrogens with zero attached hydrogens (tertiary/aromatic N) is 1. The van der Waals surface area contributed by atoms with E-state index in [9.17, 15) is 0 Å². The molecule has 1 atom stereocenters. The molecule has 0 aliphatic heterocycles. The zero-order valence-corrected chi connectivity index (χ0v) is 11.0. The highest BCUT2D eigenvalue weighted by Gasteiger charge is 2.20. The molecule has 0 spiro atoms. The van der Waals surface area contributed by atoms with E-state index >= 15 is 0 Å². The molecule has 1 aliphatic rings. The average Bonchev–Trinajstić information content (AvgIpc) is 2.23. The lowest BCUT2D eigenvalue weighted by molar-refractivity contribution is 0.321. The standard InChI is InChI=1S/C15H24N2/c1-12(16)10-14-8-3-4-9-15(14)17(2)11-13-6-5-7-13/h3-4,8-9,12-13H,5-7,10-11,16H2,1-2H3. The first-order valence-corrected chi connectivity index (χ1v) is 6.71. The van der Waals surface area contributed by atoms with Gasteiger partial charge in [-0.05, 0) is 43.7 Å². The van der Waals surface area contributed by atoms with Crippen LogP contribution in [0, 0.1) is 5.92 Å². The van der Waals surface area contributed by atoms with Gasteiger partial charge in [0.15, 0.2) is 0 Å². The van der Waals surface area contributed by atoms with Crippen LogP contribution in [0.1, 0.15) is 31.7 Å². The first-order chi connectivity index (χ1) is 8.16. The van der Waals surface area contributed by atoms with Crippen LogP contribution in [0.2, 0.25) is 0 Å². The molecular formula is C15H24N2. The van der Waals surface area contributed by atoms with Crippen molar-refractivity contribution in [1.82, 2.24) is 0 Å². The normalized spacial score (nSPS) is 17.6. The van der Waals surface area contributed by atoms with Crippen LogP contribution in [0.5, 0.6) is 0 Å². The van der Waals surface area contributed by atoms with Crippen molar-refractivity contribution in [2.75, 3.05) is 18.5 Å². The van der Waals surface area contributed by atoms with Crippen molar-refractivity contribution >= 4 is 5.69 Å². The van der Waals surface area contributed by atoms with Crippen LogP contribution in [0.15, 0.2) is 24.3 Å². The van der Waals surface area contributed by atoms with Crippen molar-refractivity contribution in [3.05, 3.63) is 29.8 Å². The van der Waals surface area contributed by atoms with Crippen molar-refractivity contribution in [3.8, 4) is 0 Å². The predicted molar refractivity (Wildman–Crippen MR) is 74.4 cm³/mol. The molecule has 17 heavy (non-hydrogen) atoms. The molecular weight excluding hydrogens is 208 g/mol. The molecule has 1 saturated carbocycles. The van der Waals surface area contributed by atoms with Gasteiger partial charge in [-0.25, -0.2) is 0 Å². The van der Waals surface area contributed by atoms with Gasteiger partial charge in [-0.1, -0.05) is 24.6 Å². The van der Waals surface area contributed by atoms with Crippen LogP contribution in [0.3, 0.4) is 0 Å². The Morgan fingerprint density at radius 1 is 1.35 bits per heavy atom. The van der Waals surface area contributed by atoms with Crippen LogP contribution in [-0.2, 0) is 6.42 Å². The maximum Gasteiger partial charge on any atom is 0.0396 e. The van der Waals surface area contributed by atoms with Gasteiger partial charge in [-0.2, -0.15) is 0 Å². The molecule has 1 aromatic rings. The summed E-state index contributed by atoms with van der Waals surface area (Å²) in [6.45, 7) is 3.26. The molecule has 1 aromatic carbocycles. The third-order valence-electron chi connectivity index (χ3n) is 3.70. The van der Waals surface area contributed by atoms with E-state index in [0.29, 0.717) is 0 Å². The van der Waals surface area contributed by atoms with Gasteiger partial charge in [0, 0.05) is 25.3 Å². The molecule has 0 saturated heterocycles. The fraction of sp³-hybridized carbons (Fsp3) is 0.600. The summed E-state index contributed by atoms with van der Waals surface area (Å²) in [6.07, 6.45) is 5.19. The lowest BCUT2D eigenvalue weighted by atomic mass is 9.85. The second kappa shape index (κ2) is 5.54. The fourth-order valence-electron chi connectivity index (χ4n) is 2.56. The maximum atomic E-state index is 5.91. The molecule has 0 bridgehead atoms. The Hall–Kier alpha value is -1.02. The van der Waals surface area contributed by atoms with E-state index in [0.717, 1.165) is 12.3 Å². The zero-order chi connectivity index (χ0) is 12.3. The van der Waals surface area contributed by atoms with Crippen molar-refractivity contribution in [1.29, 1.82) is 0 Å². The quantitative estimate of drug-likeness (QED) is 0.846. The Kier molecular flexibility index (Phi) is 4.06. The van der Waals surface area contributed by atoms with Crippen molar-refractivity contribution < 1.29 is 0 Å². The molecule has 0 aromatic heterocycles. The summed E-state index contributed by atoms with van der Waals surface area (Å²) < 4.78 is 0. The number of benzene rings is 1. The van der Waals surface area contributed by atoms with E-state index in [1.807, 2.05) is 0 Å². The highest BCUT2D eigenvalue weighted by atomic mass is 15.1. The van der Waals surface area contributed by atoms with Gasteiger partial charge < -0.3 is 10.6 Å². The van der Waals surface area contributed by atoms with Crippen LogP contribution in [0.4, 0.5) is 5.69 Å². The monoisotopic (exact) mass is 232 g/mol. The van der Waals surface area contributed by atoms with E-state index in [4.69, 9.17) is 5.73 Å². The van der Waals surface area contributed by atoms with Gasteiger partial charge in [0.05, 0.1) is 0 Å². The summed E-state index contributed by atoms with van der Waals surface area (Å²) >= 11 is 0. The van der Waals surface area contributed by atoms with Crippen LogP contribution >= 0.6 is 0 Å². The minimum Gasteiger partial charge on any atom is -0.374 e. The number of rotatable bonds is 5. The summed E-state index contributed by atoms with van der Waals surface area (Å²) in [7, 11) is 2.21. The smallest absolute Gasteiger partial charge is 0.0396 e. The highest BCUT2D eigenvalue weighted by molar-refractivity contribution is 5.53. The maximum absolute atomic E-state index is 5.91. The average molecular weight is 232 g/mol.